The number of hydrogen-bond donors (Lipinski definition) is 1. The second-order valence-corrected chi connectivity index (χ2v) is 4.17. The molecule has 0 saturated heterocycles. The molecule has 0 heterocycles. The Balaban J connectivity index is 2.39. The van der Waals surface area contributed by atoms with Crippen LogP contribution in [-0.4, -0.2) is 18.9 Å². The Hall–Kier alpha value is -1.60. The highest BCUT2D eigenvalue weighted by molar-refractivity contribution is 8.13. The maximum absolute atomic E-state index is 11.5. The molecule has 0 aliphatic carbocycles. The molecular formula is C13H15NO2S. The Morgan fingerprint density at radius 1 is 1.35 bits per heavy atom. The van der Waals surface area contributed by atoms with Crippen molar-refractivity contribution in [2.24, 2.45) is 0 Å². The molecular weight excluding hydrogens is 234 g/mol. The van der Waals surface area contributed by atoms with Gasteiger partial charge in [0, 0.05) is 11.3 Å². The molecule has 1 aromatic carbocycles. The lowest BCUT2D eigenvalue weighted by Gasteiger charge is -2.02. The molecule has 0 aromatic heterocycles. The first-order valence-electron chi connectivity index (χ1n) is 5.31. The van der Waals surface area contributed by atoms with E-state index >= 15 is 0 Å². The van der Waals surface area contributed by atoms with Gasteiger partial charge in [0.15, 0.2) is 0 Å². The van der Waals surface area contributed by atoms with Crippen molar-refractivity contribution in [3.8, 4) is 17.6 Å². The number of carbonyl (C=O) groups excluding carboxylic acids is 1. The Bertz CT molecular complexity index is 417. The fourth-order valence-corrected chi connectivity index (χ4v) is 1.72. The average molecular weight is 249 g/mol. The molecule has 0 saturated carbocycles. The molecule has 0 fully saturated rings. The summed E-state index contributed by atoms with van der Waals surface area (Å²) in [7, 11) is 1.61. The van der Waals surface area contributed by atoms with Crippen LogP contribution in [0.25, 0.3) is 0 Å². The molecule has 0 unspecified atom stereocenters. The van der Waals surface area contributed by atoms with Gasteiger partial charge in [0.05, 0.1) is 13.7 Å². The lowest BCUT2D eigenvalue weighted by Crippen LogP contribution is -2.18. The molecule has 1 aromatic rings. The third-order valence-electron chi connectivity index (χ3n) is 1.89. The van der Waals surface area contributed by atoms with Crippen molar-refractivity contribution in [1.82, 2.24) is 5.32 Å². The zero-order valence-corrected chi connectivity index (χ0v) is 10.8. The third kappa shape index (κ3) is 5.32. The van der Waals surface area contributed by atoms with Gasteiger partial charge in [0.1, 0.15) is 5.75 Å². The summed E-state index contributed by atoms with van der Waals surface area (Å²) in [4.78, 5) is 12.4. The Morgan fingerprint density at radius 3 is 2.65 bits per heavy atom. The summed E-state index contributed by atoms with van der Waals surface area (Å²) >= 11 is 1.15. The summed E-state index contributed by atoms with van der Waals surface area (Å²) in [6.07, 6.45) is 0.807. The average Bonchev–Trinajstić information content (AvgIpc) is 2.36. The van der Waals surface area contributed by atoms with Crippen molar-refractivity contribution in [3.05, 3.63) is 24.3 Å². The SMILES string of the molecule is CCC#CCNC(=O)Sc1ccc(OC)cc1. The smallest absolute Gasteiger partial charge is 0.284 e. The van der Waals surface area contributed by atoms with Gasteiger partial charge in [-0.1, -0.05) is 12.8 Å². The van der Waals surface area contributed by atoms with E-state index in [4.69, 9.17) is 4.74 Å². The molecule has 0 spiro atoms. The number of amides is 1. The second-order valence-electron chi connectivity index (χ2n) is 3.13. The summed E-state index contributed by atoms with van der Waals surface area (Å²) in [5, 5.41) is 2.62. The number of ether oxygens (including phenoxy) is 1. The standard InChI is InChI=1S/C13H15NO2S/c1-3-4-5-10-14-13(15)17-12-8-6-11(16-2)7-9-12/h6-9H,3,10H2,1-2H3,(H,14,15). The Kier molecular flexibility index (Phi) is 6.05. The normalized spacial score (nSPS) is 9.06. The molecule has 0 atom stereocenters. The molecule has 4 heteroatoms. The summed E-state index contributed by atoms with van der Waals surface area (Å²) in [5.41, 5.74) is 0. The van der Waals surface area contributed by atoms with Crippen molar-refractivity contribution in [3.63, 3.8) is 0 Å². The van der Waals surface area contributed by atoms with Gasteiger partial charge in [-0.25, -0.2) is 0 Å². The Morgan fingerprint density at radius 2 is 2.06 bits per heavy atom. The zero-order valence-electron chi connectivity index (χ0n) is 9.95. The van der Waals surface area contributed by atoms with Gasteiger partial charge in [-0.2, -0.15) is 0 Å². The predicted molar refractivity (Wildman–Crippen MR) is 70.3 cm³/mol. The van der Waals surface area contributed by atoms with E-state index in [2.05, 4.69) is 17.2 Å². The van der Waals surface area contributed by atoms with E-state index in [1.165, 1.54) is 0 Å². The second kappa shape index (κ2) is 7.64. The van der Waals surface area contributed by atoms with E-state index < -0.39 is 0 Å². The van der Waals surface area contributed by atoms with Gasteiger partial charge in [-0.05, 0) is 36.0 Å². The fraction of sp³-hybridized carbons (Fsp3) is 0.308. The van der Waals surface area contributed by atoms with Crippen LogP contribution in [0.3, 0.4) is 0 Å². The first-order valence-corrected chi connectivity index (χ1v) is 6.13. The van der Waals surface area contributed by atoms with Crippen LogP contribution in [0.15, 0.2) is 29.2 Å². The minimum Gasteiger partial charge on any atom is -0.497 e. The lowest BCUT2D eigenvalue weighted by molar-refractivity contribution is 0.261. The number of hydrogen-bond acceptors (Lipinski definition) is 3. The quantitative estimate of drug-likeness (QED) is 0.661. The summed E-state index contributed by atoms with van der Waals surface area (Å²) in [5.74, 6) is 6.53. The number of nitrogens with one attached hydrogen (secondary N) is 1. The highest BCUT2D eigenvalue weighted by Crippen LogP contribution is 2.21. The maximum Gasteiger partial charge on any atom is 0.284 e. The van der Waals surface area contributed by atoms with Gasteiger partial charge in [0.2, 0.25) is 0 Å². The summed E-state index contributed by atoms with van der Waals surface area (Å²) < 4.78 is 5.04. The number of rotatable bonds is 3. The summed E-state index contributed by atoms with van der Waals surface area (Å²) in [6.45, 7) is 2.37. The van der Waals surface area contributed by atoms with Gasteiger partial charge in [-0.15, -0.1) is 5.92 Å². The van der Waals surface area contributed by atoms with Crippen molar-refractivity contribution >= 4 is 17.0 Å². The van der Waals surface area contributed by atoms with E-state index in [1.54, 1.807) is 7.11 Å². The topological polar surface area (TPSA) is 38.3 Å². The number of thioether (sulfide) groups is 1. The molecule has 0 aliphatic rings. The molecule has 1 amide bonds. The largest absolute Gasteiger partial charge is 0.497 e. The summed E-state index contributed by atoms with van der Waals surface area (Å²) in [6, 6.07) is 7.35. The van der Waals surface area contributed by atoms with Crippen molar-refractivity contribution in [1.29, 1.82) is 0 Å². The van der Waals surface area contributed by atoms with Gasteiger partial charge in [-0.3, -0.25) is 4.79 Å². The van der Waals surface area contributed by atoms with Crippen LogP contribution in [-0.2, 0) is 0 Å². The van der Waals surface area contributed by atoms with Crippen molar-refractivity contribution in [2.75, 3.05) is 13.7 Å². The van der Waals surface area contributed by atoms with E-state index in [9.17, 15) is 4.79 Å². The van der Waals surface area contributed by atoms with E-state index in [-0.39, 0.29) is 5.24 Å². The van der Waals surface area contributed by atoms with Crippen molar-refractivity contribution in [2.45, 2.75) is 18.2 Å². The van der Waals surface area contributed by atoms with Crippen LogP contribution in [0.1, 0.15) is 13.3 Å². The lowest BCUT2D eigenvalue weighted by atomic mass is 10.3. The van der Waals surface area contributed by atoms with Crippen molar-refractivity contribution < 1.29 is 9.53 Å². The van der Waals surface area contributed by atoms with Crippen LogP contribution in [0.5, 0.6) is 5.75 Å². The Labute approximate surface area is 106 Å². The van der Waals surface area contributed by atoms with Crippen LogP contribution < -0.4 is 10.1 Å². The molecule has 0 aliphatic heterocycles. The van der Waals surface area contributed by atoms with Crippen LogP contribution >= 0.6 is 11.8 Å². The minimum atomic E-state index is -0.0967. The molecule has 3 nitrogen and oxygen atoms in total. The molecule has 90 valence electrons. The maximum atomic E-state index is 11.5. The highest BCUT2D eigenvalue weighted by atomic mass is 32.2. The van der Waals surface area contributed by atoms with Gasteiger partial charge >= 0.3 is 0 Å². The number of benzene rings is 1. The predicted octanol–water partition coefficient (Wildman–Crippen LogP) is 2.91. The third-order valence-corrected chi connectivity index (χ3v) is 2.73. The minimum absolute atomic E-state index is 0.0967. The fourth-order valence-electron chi connectivity index (χ4n) is 1.09. The first-order chi connectivity index (χ1) is 8.26. The van der Waals surface area contributed by atoms with E-state index in [0.29, 0.717) is 6.54 Å². The van der Waals surface area contributed by atoms with Crippen LogP contribution in [0.2, 0.25) is 0 Å². The number of methoxy groups -OCH3 is 1. The van der Waals surface area contributed by atoms with Gasteiger partial charge < -0.3 is 10.1 Å². The molecule has 0 bridgehead atoms. The van der Waals surface area contributed by atoms with Crippen LogP contribution in [0, 0.1) is 11.8 Å². The van der Waals surface area contributed by atoms with E-state index in [0.717, 1.165) is 28.8 Å². The van der Waals surface area contributed by atoms with E-state index in [1.807, 2.05) is 31.2 Å². The van der Waals surface area contributed by atoms with Crippen LogP contribution in [0.4, 0.5) is 4.79 Å². The number of carbonyl (C=O) groups is 1. The molecule has 0 radical (unpaired) electrons. The first kappa shape index (κ1) is 13.5. The highest BCUT2D eigenvalue weighted by Gasteiger charge is 2.02. The molecule has 1 N–H and O–H groups in total. The molecule has 1 rings (SSSR count). The van der Waals surface area contributed by atoms with Gasteiger partial charge in [0.25, 0.3) is 5.24 Å². The monoisotopic (exact) mass is 249 g/mol. The molecule has 17 heavy (non-hydrogen) atoms. The zero-order chi connectivity index (χ0) is 12.5.